The van der Waals surface area contributed by atoms with Crippen molar-refractivity contribution in [1.29, 1.82) is 0 Å². The Bertz CT molecular complexity index is 843. The van der Waals surface area contributed by atoms with Crippen LogP contribution < -0.4 is 4.90 Å². The molecule has 1 aromatic carbocycles. The van der Waals surface area contributed by atoms with Crippen molar-refractivity contribution in [2.45, 2.75) is 37.2 Å². The van der Waals surface area contributed by atoms with Crippen molar-refractivity contribution in [1.82, 2.24) is 0 Å². The number of benzene rings is 1. The van der Waals surface area contributed by atoms with Gasteiger partial charge in [-0.1, -0.05) is 12.1 Å². The number of nitrogens with zero attached hydrogens (tertiary/aromatic N) is 1. The first-order valence-corrected chi connectivity index (χ1v) is 8.30. The van der Waals surface area contributed by atoms with E-state index in [1.165, 1.54) is 23.5 Å². The molecule has 1 aliphatic heterocycles. The molecule has 0 saturated carbocycles. The smallest absolute Gasteiger partial charge is 0.430 e. The molecule has 2 heterocycles. The monoisotopic (exact) mass is 407 g/mol. The molecule has 28 heavy (non-hydrogen) atoms. The molecule has 0 unspecified atom stereocenters. The summed E-state index contributed by atoms with van der Waals surface area (Å²) in [5.41, 5.74) is -5.79. The third-order valence-corrected chi connectivity index (χ3v) is 4.70. The number of halogens is 6. The summed E-state index contributed by atoms with van der Waals surface area (Å²) in [5, 5.41) is 9.61. The molecule has 0 spiro atoms. The quantitative estimate of drug-likeness (QED) is 0.742. The van der Waals surface area contributed by atoms with Crippen LogP contribution in [0.3, 0.4) is 0 Å². The minimum atomic E-state index is -5.96. The van der Waals surface area contributed by atoms with Crippen molar-refractivity contribution in [3.63, 3.8) is 0 Å². The van der Waals surface area contributed by atoms with Crippen molar-refractivity contribution in [3.05, 3.63) is 53.5 Å². The van der Waals surface area contributed by atoms with Gasteiger partial charge in [0.25, 0.3) is 11.5 Å². The normalized spacial score (nSPS) is 15.9. The Morgan fingerprint density at radius 1 is 1.04 bits per heavy atom. The minimum Gasteiger partial charge on any atom is -0.472 e. The van der Waals surface area contributed by atoms with E-state index >= 15 is 0 Å². The first kappa shape index (κ1) is 20.2. The fourth-order valence-electron chi connectivity index (χ4n) is 3.22. The summed E-state index contributed by atoms with van der Waals surface area (Å²) in [6.45, 7) is 0.249. The first-order chi connectivity index (χ1) is 13.0. The average molecular weight is 407 g/mol. The lowest BCUT2D eigenvalue weighted by Gasteiger charge is -2.33. The summed E-state index contributed by atoms with van der Waals surface area (Å²) in [7, 11) is 0. The number of hydrogen-bond acceptors (Lipinski definition) is 3. The van der Waals surface area contributed by atoms with Gasteiger partial charge in [-0.2, -0.15) is 26.3 Å². The van der Waals surface area contributed by atoms with Gasteiger partial charge in [-0.25, -0.2) is 0 Å². The molecular weight excluding hydrogens is 392 g/mol. The van der Waals surface area contributed by atoms with Gasteiger partial charge in [-0.15, -0.1) is 0 Å². The predicted molar refractivity (Wildman–Crippen MR) is 85.8 cm³/mol. The Kier molecular flexibility index (Phi) is 4.95. The molecule has 10 heteroatoms. The summed E-state index contributed by atoms with van der Waals surface area (Å²) in [5.74, 6) is -0.480. The molecule has 0 saturated heterocycles. The number of hydrogen-bond donors (Lipinski definition) is 1. The number of alkyl halides is 6. The van der Waals surface area contributed by atoms with Crippen molar-refractivity contribution in [2.24, 2.45) is 0 Å². The van der Waals surface area contributed by atoms with Gasteiger partial charge >= 0.3 is 12.4 Å². The molecule has 0 aliphatic carbocycles. The van der Waals surface area contributed by atoms with Crippen molar-refractivity contribution >= 4 is 11.6 Å². The van der Waals surface area contributed by atoms with Crippen LogP contribution in [0.1, 0.15) is 34.3 Å². The van der Waals surface area contributed by atoms with Gasteiger partial charge in [0.05, 0.1) is 11.8 Å². The maximum Gasteiger partial charge on any atom is 0.430 e. The molecule has 3 rings (SSSR count). The van der Waals surface area contributed by atoms with Crippen molar-refractivity contribution in [2.75, 3.05) is 11.4 Å². The maximum atomic E-state index is 13.1. The van der Waals surface area contributed by atoms with Crippen LogP contribution in [0.2, 0.25) is 0 Å². The van der Waals surface area contributed by atoms with E-state index in [-0.39, 0.29) is 29.8 Å². The summed E-state index contributed by atoms with van der Waals surface area (Å²) >= 11 is 0. The Morgan fingerprint density at radius 2 is 1.71 bits per heavy atom. The van der Waals surface area contributed by atoms with Crippen LogP contribution in [0.25, 0.3) is 0 Å². The Labute approximate surface area is 155 Å². The second-order valence-electron chi connectivity index (χ2n) is 6.48. The Morgan fingerprint density at radius 3 is 2.29 bits per heavy atom. The van der Waals surface area contributed by atoms with Crippen LogP contribution in [-0.2, 0) is 12.0 Å². The van der Waals surface area contributed by atoms with Gasteiger partial charge < -0.3 is 14.4 Å². The number of aryl methyl sites for hydroxylation is 1. The van der Waals surface area contributed by atoms with Gasteiger partial charge in [0, 0.05) is 17.8 Å². The molecule has 1 amide bonds. The van der Waals surface area contributed by atoms with Gasteiger partial charge in [0.1, 0.15) is 6.26 Å². The molecular formula is C18H15F6NO3. The second kappa shape index (κ2) is 6.84. The van der Waals surface area contributed by atoms with Gasteiger partial charge in [-0.3, -0.25) is 4.79 Å². The number of rotatable bonds is 2. The Balaban J connectivity index is 2.09. The minimum absolute atomic E-state index is 0.124. The van der Waals surface area contributed by atoms with E-state index in [4.69, 9.17) is 4.42 Å². The molecule has 1 aromatic heterocycles. The third-order valence-electron chi connectivity index (χ3n) is 4.70. The number of carbonyl (C=O) groups excluding carboxylic acids is 1. The van der Waals surface area contributed by atoms with E-state index in [9.17, 15) is 36.2 Å². The van der Waals surface area contributed by atoms with E-state index in [1.54, 1.807) is 0 Å². The molecule has 0 atom stereocenters. The number of aliphatic hydroxyl groups is 1. The van der Waals surface area contributed by atoms with Gasteiger partial charge in [0.2, 0.25) is 0 Å². The molecule has 1 N–H and O–H groups in total. The molecule has 0 bridgehead atoms. The first-order valence-electron chi connectivity index (χ1n) is 8.30. The third kappa shape index (κ3) is 3.25. The van der Waals surface area contributed by atoms with E-state index in [1.807, 2.05) is 0 Å². The zero-order valence-electron chi connectivity index (χ0n) is 14.3. The molecule has 2 aromatic rings. The molecule has 152 valence electrons. The lowest BCUT2D eigenvalue weighted by molar-refractivity contribution is -0.376. The van der Waals surface area contributed by atoms with E-state index < -0.39 is 29.4 Å². The fourth-order valence-corrected chi connectivity index (χ4v) is 3.22. The number of anilines is 1. The summed E-state index contributed by atoms with van der Waals surface area (Å²) in [4.78, 5) is 13.9. The lowest BCUT2D eigenvalue weighted by Crippen LogP contribution is -2.54. The van der Waals surface area contributed by atoms with Crippen LogP contribution >= 0.6 is 0 Å². The van der Waals surface area contributed by atoms with E-state index in [2.05, 4.69) is 0 Å². The molecule has 0 radical (unpaired) electrons. The highest BCUT2D eigenvalue weighted by atomic mass is 19.4. The van der Waals surface area contributed by atoms with Gasteiger partial charge in [0.15, 0.2) is 0 Å². The number of fused-ring (bicyclic) bond motifs is 1. The van der Waals surface area contributed by atoms with Crippen molar-refractivity contribution < 1.29 is 40.7 Å². The number of furan rings is 1. The summed E-state index contributed by atoms with van der Waals surface area (Å²) in [6, 6.07) is 3.65. The lowest BCUT2D eigenvalue weighted by atomic mass is 9.89. The van der Waals surface area contributed by atoms with Gasteiger partial charge in [-0.05, 0) is 37.0 Å². The van der Waals surface area contributed by atoms with Crippen LogP contribution in [0.5, 0.6) is 0 Å². The van der Waals surface area contributed by atoms with Crippen LogP contribution in [-0.4, -0.2) is 29.9 Å². The SMILES string of the molecule is O=C(c1ccoc1)N1CCCCc2cc(C(O)(C(F)(F)F)C(F)(F)F)ccc21. The van der Waals surface area contributed by atoms with E-state index in [0.29, 0.717) is 25.0 Å². The highest BCUT2D eigenvalue weighted by molar-refractivity contribution is 6.06. The zero-order valence-corrected chi connectivity index (χ0v) is 14.3. The Hall–Kier alpha value is -2.49. The predicted octanol–water partition coefficient (Wildman–Crippen LogP) is 4.57. The molecule has 1 aliphatic rings. The van der Waals surface area contributed by atoms with Crippen LogP contribution in [0, 0.1) is 0 Å². The maximum absolute atomic E-state index is 13.1. The number of carbonyl (C=O) groups is 1. The second-order valence-corrected chi connectivity index (χ2v) is 6.48. The number of amides is 1. The average Bonchev–Trinajstić information content (AvgIpc) is 3.05. The molecule has 4 nitrogen and oxygen atoms in total. The van der Waals surface area contributed by atoms with E-state index in [0.717, 1.165) is 6.07 Å². The topological polar surface area (TPSA) is 53.7 Å². The zero-order chi connectivity index (χ0) is 20.7. The van der Waals surface area contributed by atoms with Crippen LogP contribution in [0.4, 0.5) is 32.0 Å². The highest BCUT2D eigenvalue weighted by Gasteiger charge is 2.71. The fraction of sp³-hybridized carbons (Fsp3) is 0.389. The largest absolute Gasteiger partial charge is 0.472 e. The van der Waals surface area contributed by atoms with Crippen molar-refractivity contribution in [3.8, 4) is 0 Å². The summed E-state index contributed by atoms with van der Waals surface area (Å²) in [6.07, 6.45) is -8.30. The highest BCUT2D eigenvalue weighted by Crippen LogP contribution is 2.50. The molecule has 0 fully saturated rings. The summed E-state index contributed by atoms with van der Waals surface area (Å²) < 4.78 is 83.7. The standard InChI is InChI=1S/C18H15F6NO3/c19-17(20,21)16(27,18(22,23)24)13-4-5-14-11(9-13)3-1-2-7-25(14)15(26)12-6-8-28-10-12/h4-6,8-10,27H,1-3,7H2. The van der Waals surface area contributed by atoms with Crippen LogP contribution in [0.15, 0.2) is 41.2 Å².